The first kappa shape index (κ1) is 25.4. The van der Waals surface area contributed by atoms with Crippen molar-refractivity contribution in [3.05, 3.63) is 29.6 Å². The minimum absolute atomic E-state index is 0.0262. The lowest BCUT2D eigenvalue weighted by Gasteiger charge is -2.41. The van der Waals surface area contributed by atoms with Gasteiger partial charge in [-0.2, -0.15) is 0 Å². The minimum Gasteiger partial charge on any atom is -0.469 e. The van der Waals surface area contributed by atoms with E-state index >= 15 is 0 Å². The van der Waals surface area contributed by atoms with Crippen LogP contribution >= 0.6 is 0 Å². The van der Waals surface area contributed by atoms with Crippen molar-refractivity contribution in [2.24, 2.45) is 5.92 Å². The van der Waals surface area contributed by atoms with Crippen molar-refractivity contribution in [2.45, 2.75) is 44.3 Å². The maximum atomic E-state index is 14.2. The van der Waals surface area contributed by atoms with Crippen LogP contribution in [0.15, 0.2) is 18.2 Å². The fraction of sp³-hybridized carbons (Fsp3) is 0.571. The lowest BCUT2D eigenvalue weighted by atomic mass is 9.93. The third kappa shape index (κ3) is 6.41. The fourth-order valence-corrected chi connectivity index (χ4v) is 4.05. The number of nitrogens with one attached hydrogen (secondary N) is 2. The molecule has 1 aromatic carbocycles. The van der Waals surface area contributed by atoms with Crippen LogP contribution in [0, 0.1) is 11.7 Å². The summed E-state index contributed by atoms with van der Waals surface area (Å²) in [5.74, 6) is -2.77. The summed E-state index contributed by atoms with van der Waals surface area (Å²) in [5, 5.41) is 5.10. The molecule has 1 saturated carbocycles. The number of benzene rings is 1. The SMILES string of the molecule is CNC(=O)N1CC(C(=O)OC)CC(N(C(=O)NCc2ccc(OC(F)(F)F)cc2F)C2CC2)C1. The molecule has 0 spiro atoms. The van der Waals surface area contributed by atoms with Crippen LogP contribution < -0.4 is 15.4 Å². The first-order valence-corrected chi connectivity index (χ1v) is 10.7. The van der Waals surface area contributed by atoms with Crippen LogP contribution in [0.3, 0.4) is 0 Å². The van der Waals surface area contributed by atoms with E-state index in [1.54, 1.807) is 4.90 Å². The molecule has 188 valence electrons. The van der Waals surface area contributed by atoms with Gasteiger partial charge in [0.1, 0.15) is 11.6 Å². The standard InChI is InChI=1S/C21H26F4N4O5/c1-26-19(31)28-10-13(18(30)33-2)7-15(11-28)29(14-4-5-14)20(32)27-9-12-3-6-16(8-17(12)22)34-21(23,24)25/h3,6,8,13-15H,4-5,7,9-11H2,1-2H3,(H,26,31)(H,27,32). The van der Waals surface area contributed by atoms with E-state index in [1.807, 2.05) is 0 Å². The van der Waals surface area contributed by atoms with Crippen molar-refractivity contribution in [3.63, 3.8) is 0 Å². The van der Waals surface area contributed by atoms with Gasteiger partial charge >= 0.3 is 24.4 Å². The average Bonchev–Trinajstić information content (AvgIpc) is 3.61. The zero-order valence-corrected chi connectivity index (χ0v) is 18.7. The Morgan fingerprint density at radius 1 is 1.18 bits per heavy atom. The minimum atomic E-state index is -4.95. The van der Waals surface area contributed by atoms with Gasteiger partial charge in [-0.15, -0.1) is 13.2 Å². The first-order valence-electron chi connectivity index (χ1n) is 10.7. The smallest absolute Gasteiger partial charge is 0.469 e. The molecule has 1 saturated heterocycles. The Labute approximate surface area is 193 Å². The van der Waals surface area contributed by atoms with Crippen LogP contribution in [0.25, 0.3) is 0 Å². The number of esters is 1. The van der Waals surface area contributed by atoms with Gasteiger partial charge in [0.2, 0.25) is 0 Å². The second-order valence-electron chi connectivity index (χ2n) is 8.17. The van der Waals surface area contributed by atoms with Crippen LogP contribution in [0.5, 0.6) is 5.75 Å². The second-order valence-corrected chi connectivity index (χ2v) is 8.17. The van der Waals surface area contributed by atoms with Crippen LogP contribution in [0.4, 0.5) is 27.2 Å². The van der Waals surface area contributed by atoms with E-state index in [4.69, 9.17) is 4.74 Å². The fourth-order valence-electron chi connectivity index (χ4n) is 4.05. The molecule has 13 heteroatoms. The number of alkyl halides is 3. The lowest BCUT2D eigenvalue weighted by molar-refractivity contribution is -0.274. The molecule has 2 aliphatic rings. The maximum Gasteiger partial charge on any atom is 0.573 e. The topological polar surface area (TPSA) is 100 Å². The van der Waals surface area contributed by atoms with Crippen LogP contribution in [0.2, 0.25) is 0 Å². The number of piperidine rings is 1. The molecule has 0 aromatic heterocycles. The quantitative estimate of drug-likeness (QED) is 0.472. The molecular weight excluding hydrogens is 464 g/mol. The highest BCUT2D eigenvalue weighted by Crippen LogP contribution is 2.33. The first-order chi connectivity index (χ1) is 16.0. The number of methoxy groups -OCH3 is 1. The molecule has 0 radical (unpaired) electrons. The summed E-state index contributed by atoms with van der Waals surface area (Å²) in [6, 6.07) is 1.16. The molecule has 2 unspecified atom stereocenters. The van der Waals surface area contributed by atoms with Gasteiger partial charge in [-0.3, -0.25) is 4.79 Å². The Morgan fingerprint density at radius 3 is 2.44 bits per heavy atom. The molecule has 34 heavy (non-hydrogen) atoms. The highest BCUT2D eigenvalue weighted by atomic mass is 19.4. The van der Waals surface area contributed by atoms with Gasteiger partial charge in [0.05, 0.1) is 19.1 Å². The molecule has 1 aliphatic carbocycles. The van der Waals surface area contributed by atoms with E-state index in [2.05, 4.69) is 15.4 Å². The number of likely N-dealkylation sites (tertiary alicyclic amines) is 1. The number of halogens is 4. The van der Waals surface area contributed by atoms with E-state index in [-0.39, 0.29) is 31.2 Å². The molecule has 1 aliphatic heterocycles. The highest BCUT2D eigenvalue weighted by Gasteiger charge is 2.43. The van der Waals surface area contributed by atoms with E-state index in [0.29, 0.717) is 12.5 Å². The van der Waals surface area contributed by atoms with Crippen LogP contribution in [-0.2, 0) is 16.1 Å². The monoisotopic (exact) mass is 490 g/mol. The Hall–Kier alpha value is -3.25. The Bertz CT molecular complexity index is 901. The summed E-state index contributed by atoms with van der Waals surface area (Å²) in [5.41, 5.74) is -0.0262. The second kappa shape index (κ2) is 10.3. The van der Waals surface area contributed by atoms with Crippen molar-refractivity contribution in [1.29, 1.82) is 0 Å². The predicted molar refractivity (Wildman–Crippen MR) is 110 cm³/mol. The van der Waals surface area contributed by atoms with Crippen molar-refractivity contribution in [1.82, 2.24) is 20.4 Å². The summed E-state index contributed by atoms with van der Waals surface area (Å²) in [6.07, 6.45) is -3.17. The average molecular weight is 490 g/mol. The van der Waals surface area contributed by atoms with Crippen molar-refractivity contribution in [3.8, 4) is 5.75 Å². The molecule has 9 nitrogen and oxygen atoms in total. The van der Waals surface area contributed by atoms with Gasteiger partial charge in [0.25, 0.3) is 0 Å². The molecule has 2 N–H and O–H groups in total. The number of nitrogens with zero attached hydrogens (tertiary/aromatic N) is 2. The summed E-state index contributed by atoms with van der Waals surface area (Å²) < 4.78 is 59.7. The zero-order valence-electron chi connectivity index (χ0n) is 18.7. The molecular formula is C21H26F4N4O5. The number of carbonyl (C=O) groups is 3. The van der Waals surface area contributed by atoms with E-state index < -0.39 is 47.9 Å². The van der Waals surface area contributed by atoms with Crippen LogP contribution in [0.1, 0.15) is 24.8 Å². The number of ether oxygens (including phenoxy) is 2. The van der Waals surface area contributed by atoms with Gasteiger partial charge in [-0.1, -0.05) is 6.07 Å². The summed E-state index contributed by atoms with van der Waals surface area (Å²) in [7, 11) is 2.71. The number of carbonyl (C=O) groups excluding carboxylic acids is 3. The number of hydrogen-bond donors (Lipinski definition) is 2. The summed E-state index contributed by atoms with van der Waals surface area (Å²) in [4.78, 5) is 40.5. The predicted octanol–water partition coefficient (Wildman–Crippen LogP) is 2.60. The van der Waals surface area contributed by atoms with Crippen molar-refractivity contribution < 1.29 is 41.4 Å². The lowest BCUT2D eigenvalue weighted by Crippen LogP contribution is -2.59. The van der Waals surface area contributed by atoms with Crippen LogP contribution in [-0.4, -0.2) is 73.5 Å². The van der Waals surface area contributed by atoms with Crippen molar-refractivity contribution >= 4 is 18.0 Å². The van der Waals surface area contributed by atoms with E-state index in [0.717, 1.165) is 25.0 Å². The number of hydrogen-bond acceptors (Lipinski definition) is 5. The third-order valence-electron chi connectivity index (χ3n) is 5.72. The Balaban J connectivity index is 1.70. The zero-order chi connectivity index (χ0) is 25.0. The third-order valence-corrected chi connectivity index (χ3v) is 5.72. The summed E-state index contributed by atoms with van der Waals surface area (Å²) >= 11 is 0. The Kier molecular flexibility index (Phi) is 7.72. The summed E-state index contributed by atoms with van der Waals surface area (Å²) in [6.45, 7) is 0.0853. The van der Waals surface area contributed by atoms with Gasteiger partial charge in [-0.25, -0.2) is 14.0 Å². The van der Waals surface area contributed by atoms with Gasteiger partial charge in [0, 0.05) is 44.4 Å². The number of amides is 4. The normalized spacial score (nSPS) is 20.4. The van der Waals surface area contributed by atoms with E-state index in [9.17, 15) is 31.9 Å². The molecule has 0 bridgehead atoms. The van der Waals surface area contributed by atoms with E-state index in [1.165, 1.54) is 19.1 Å². The molecule has 1 aromatic rings. The molecule has 1 heterocycles. The largest absolute Gasteiger partial charge is 0.573 e. The molecule has 2 fully saturated rings. The highest BCUT2D eigenvalue weighted by molar-refractivity contribution is 5.78. The number of urea groups is 2. The molecule has 3 rings (SSSR count). The molecule has 2 atom stereocenters. The van der Waals surface area contributed by atoms with Gasteiger partial charge < -0.3 is 29.9 Å². The molecule has 4 amide bonds. The number of rotatable bonds is 6. The van der Waals surface area contributed by atoms with Gasteiger partial charge in [0.15, 0.2) is 0 Å². The Morgan fingerprint density at radius 2 is 1.88 bits per heavy atom. The van der Waals surface area contributed by atoms with Gasteiger partial charge in [-0.05, 0) is 25.3 Å². The van der Waals surface area contributed by atoms with Crippen molar-refractivity contribution in [2.75, 3.05) is 27.2 Å². The maximum absolute atomic E-state index is 14.2.